The third kappa shape index (κ3) is 1.82. The molecule has 1 atom stereocenters. The molecular formula is C7H9ClN2O. The number of H-pyrrole nitrogens is 1. The van der Waals surface area contributed by atoms with E-state index in [1.807, 2.05) is 0 Å². The van der Waals surface area contributed by atoms with Crippen LogP contribution in [-0.4, -0.2) is 4.98 Å². The van der Waals surface area contributed by atoms with E-state index in [2.05, 4.69) is 4.98 Å². The fraction of sp³-hybridized carbons (Fsp3) is 0.286. The van der Waals surface area contributed by atoms with Crippen LogP contribution in [-0.2, 0) is 0 Å². The number of hydrogen-bond acceptors (Lipinski definition) is 2. The molecule has 0 amide bonds. The van der Waals surface area contributed by atoms with E-state index in [1.54, 1.807) is 13.0 Å². The van der Waals surface area contributed by atoms with Gasteiger partial charge in [-0.2, -0.15) is 0 Å². The zero-order chi connectivity index (χ0) is 8.43. The SMILES string of the molecule is CC(N)c1ccc(=O)[nH]c1Cl. The second-order valence-electron chi connectivity index (χ2n) is 2.38. The number of nitrogens with two attached hydrogens (primary N) is 1. The van der Waals surface area contributed by atoms with E-state index in [9.17, 15) is 4.79 Å². The minimum absolute atomic E-state index is 0.153. The van der Waals surface area contributed by atoms with Crippen molar-refractivity contribution >= 4 is 11.6 Å². The van der Waals surface area contributed by atoms with E-state index in [-0.39, 0.29) is 11.6 Å². The number of hydrogen-bond donors (Lipinski definition) is 2. The largest absolute Gasteiger partial charge is 0.324 e. The minimum Gasteiger partial charge on any atom is -0.324 e. The normalized spacial score (nSPS) is 13.0. The van der Waals surface area contributed by atoms with Gasteiger partial charge in [0.05, 0.1) is 0 Å². The summed E-state index contributed by atoms with van der Waals surface area (Å²) in [6.07, 6.45) is 0. The van der Waals surface area contributed by atoms with E-state index < -0.39 is 0 Å². The van der Waals surface area contributed by atoms with Crippen molar-refractivity contribution < 1.29 is 0 Å². The van der Waals surface area contributed by atoms with Crippen molar-refractivity contribution in [1.82, 2.24) is 4.98 Å². The van der Waals surface area contributed by atoms with Gasteiger partial charge >= 0.3 is 0 Å². The van der Waals surface area contributed by atoms with Crippen molar-refractivity contribution in [3.05, 3.63) is 33.2 Å². The standard InChI is InChI=1S/C7H9ClN2O/c1-4(9)5-2-3-6(11)10-7(5)8/h2-4H,9H2,1H3,(H,10,11). The van der Waals surface area contributed by atoms with E-state index in [1.165, 1.54) is 6.07 Å². The molecule has 3 N–H and O–H groups in total. The van der Waals surface area contributed by atoms with Gasteiger partial charge in [0.25, 0.3) is 0 Å². The molecular weight excluding hydrogens is 164 g/mol. The van der Waals surface area contributed by atoms with Crippen LogP contribution in [0.2, 0.25) is 5.15 Å². The Morgan fingerprint density at radius 3 is 2.73 bits per heavy atom. The first-order chi connectivity index (χ1) is 5.11. The number of nitrogens with one attached hydrogen (secondary N) is 1. The smallest absolute Gasteiger partial charge is 0.249 e. The lowest BCUT2D eigenvalue weighted by Gasteiger charge is -2.05. The van der Waals surface area contributed by atoms with Crippen LogP contribution < -0.4 is 11.3 Å². The molecule has 4 heteroatoms. The molecule has 0 fully saturated rings. The average molecular weight is 173 g/mol. The van der Waals surface area contributed by atoms with E-state index in [4.69, 9.17) is 17.3 Å². The lowest BCUT2D eigenvalue weighted by atomic mass is 10.2. The van der Waals surface area contributed by atoms with E-state index >= 15 is 0 Å². The first kappa shape index (κ1) is 8.30. The molecule has 1 unspecified atom stereocenters. The van der Waals surface area contributed by atoms with Crippen molar-refractivity contribution in [2.75, 3.05) is 0 Å². The number of pyridine rings is 1. The van der Waals surface area contributed by atoms with E-state index in [0.29, 0.717) is 5.15 Å². The summed E-state index contributed by atoms with van der Waals surface area (Å²) in [4.78, 5) is 13.1. The quantitative estimate of drug-likeness (QED) is 0.622. The highest BCUT2D eigenvalue weighted by Crippen LogP contribution is 2.15. The Kier molecular flexibility index (Phi) is 2.31. The van der Waals surface area contributed by atoms with Gasteiger partial charge in [-0.15, -0.1) is 0 Å². The van der Waals surface area contributed by atoms with Gasteiger partial charge in [0.15, 0.2) is 0 Å². The van der Waals surface area contributed by atoms with Crippen LogP contribution in [0.3, 0.4) is 0 Å². The molecule has 0 saturated carbocycles. The van der Waals surface area contributed by atoms with Crippen molar-refractivity contribution in [1.29, 1.82) is 0 Å². The molecule has 0 aromatic carbocycles. The maximum absolute atomic E-state index is 10.7. The Labute approximate surface area is 69.2 Å². The molecule has 0 aliphatic carbocycles. The summed E-state index contributed by atoms with van der Waals surface area (Å²) in [7, 11) is 0. The number of aromatic nitrogens is 1. The highest BCUT2D eigenvalue weighted by Gasteiger charge is 2.04. The molecule has 0 radical (unpaired) electrons. The molecule has 1 rings (SSSR count). The van der Waals surface area contributed by atoms with Crippen molar-refractivity contribution in [2.45, 2.75) is 13.0 Å². The second kappa shape index (κ2) is 3.07. The van der Waals surface area contributed by atoms with Gasteiger partial charge < -0.3 is 10.7 Å². The molecule has 11 heavy (non-hydrogen) atoms. The molecule has 1 aromatic rings. The predicted octanol–water partition coefficient (Wildman–Crippen LogP) is 1.05. The van der Waals surface area contributed by atoms with Crippen LogP contribution in [0.15, 0.2) is 16.9 Å². The predicted molar refractivity (Wildman–Crippen MR) is 44.7 cm³/mol. The molecule has 3 nitrogen and oxygen atoms in total. The Bertz CT molecular complexity index is 306. The van der Waals surface area contributed by atoms with Crippen LogP contribution in [0.1, 0.15) is 18.5 Å². The van der Waals surface area contributed by atoms with Crippen LogP contribution in [0.4, 0.5) is 0 Å². The van der Waals surface area contributed by atoms with Gasteiger partial charge in [0.1, 0.15) is 5.15 Å². The van der Waals surface area contributed by atoms with Crippen LogP contribution in [0, 0.1) is 0 Å². The molecule has 0 aliphatic rings. The topological polar surface area (TPSA) is 58.9 Å². The fourth-order valence-corrected chi connectivity index (χ4v) is 1.14. The molecule has 0 bridgehead atoms. The van der Waals surface area contributed by atoms with Gasteiger partial charge in [-0.05, 0) is 13.0 Å². The van der Waals surface area contributed by atoms with Crippen LogP contribution in [0.25, 0.3) is 0 Å². The number of rotatable bonds is 1. The monoisotopic (exact) mass is 172 g/mol. The van der Waals surface area contributed by atoms with Crippen molar-refractivity contribution in [2.24, 2.45) is 5.73 Å². The summed E-state index contributed by atoms with van der Waals surface area (Å²) in [6.45, 7) is 1.81. The molecule has 1 aromatic heterocycles. The minimum atomic E-state index is -0.209. The van der Waals surface area contributed by atoms with Crippen LogP contribution in [0.5, 0.6) is 0 Å². The Hall–Kier alpha value is -0.800. The van der Waals surface area contributed by atoms with Gasteiger partial charge in [0, 0.05) is 17.7 Å². The number of halogens is 1. The Morgan fingerprint density at radius 1 is 1.64 bits per heavy atom. The first-order valence-corrected chi connectivity index (χ1v) is 3.63. The maximum atomic E-state index is 10.7. The molecule has 0 spiro atoms. The van der Waals surface area contributed by atoms with Crippen molar-refractivity contribution in [3.8, 4) is 0 Å². The van der Waals surface area contributed by atoms with Gasteiger partial charge in [-0.25, -0.2) is 0 Å². The summed E-state index contributed by atoms with van der Waals surface area (Å²) in [6, 6.07) is 2.88. The third-order valence-electron chi connectivity index (χ3n) is 1.39. The summed E-state index contributed by atoms with van der Waals surface area (Å²) >= 11 is 5.69. The zero-order valence-corrected chi connectivity index (χ0v) is 6.85. The van der Waals surface area contributed by atoms with Crippen LogP contribution >= 0.6 is 11.6 Å². The summed E-state index contributed by atoms with van der Waals surface area (Å²) in [5, 5.41) is 0.326. The van der Waals surface area contributed by atoms with Crippen molar-refractivity contribution in [3.63, 3.8) is 0 Å². The lowest BCUT2D eigenvalue weighted by Crippen LogP contribution is -2.11. The Morgan fingerprint density at radius 2 is 2.27 bits per heavy atom. The lowest BCUT2D eigenvalue weighted by molar-refractivity contribution is 0.810. The molecule has 0 aliphatic heterocycles. The molecule has 1 heterocycles. The summed E-state index contributed by atoms with van der Waals surface area (Å²) < 4.78 is 0. The second-order valence-corrected chi connectivity index (χ2v) is 2.76. The maximum Gasteiger partial charge on any atom is 0.249 e. The van der Waals surface area contributed by atoms with Gasteiger partial charge in [-0.3, -0.25) is 4.79 Å². The first-order valence-electron chi connectivity index (χ1n) is 3.25. The van der Waals surface area contributed by atoms with Gasteiger partial charge in [0.2, 0.25) is 5.56 Å². The fourth-order valence-electron chi connectivity index (χ4n) is 0.812. The summed E-state index contributed by atoms with van der Waals surface area (Å²) in [5.41, 5.74) is 6.11. The van der Waals surface area contributed by atoms with Gasteiger partial charge in [-0.1, -0.05) is 11.6 Å². The summed E-state index contributed by atoms with van der Waals surface area (Å²) in [5.74, 6) is 0. The highest BCUT2D eigenvalue weighted by atomic mass is 35.5. The average Bonchev–Trinajstić information content (AvgIpc) is 1.85. The van der Waals surface area contributed by atoms with E-state index in [0.717, 1.165) is 5.56 Å². The Balaban J connectivity index is 3.20. The molecule has 60 valence electrons. The number of aromatic amines is 1. The molecule has 0 saturated heterocycles. The zero-order valence-electron chi connectivity index (χ0n) is 6.10. The highest BCUT2D eigenvalue weighted by molar-refractivity contribution is 6.30. The third-order valence-corrected chi connectivity index (χ3v) is 1.70.